The van der Waals surface area contributed by atoms with Crippen molar-refractivity contribution in [2.75, 3.05) is 46.9 Å². The summed E-state index contributed by atoms with van der Waals surface area (Å²) in [4.78, 5) is 6.76. The van der Waals surface area contributed by atoms with Crippen molar-refractivity contribution in [3.05, 3.63) is 59.7 Å². The average molecular weight is 383 g/mol. The first-order valence-electron chi connectivity index (χ1n) is 9.79. The minimum Gasteiger partial charge on any atom is -0.497 e. The highest BCUT2D eigenvalue weighted by Gasteiger charge is 2.14. The molecule has 0 radical (unpaired) electrons. The molecule has 6 heteroatoms. The van der Waals surface area contributed by atoms with Gasteiger partial charge in [-0.05, 0) is 41.8 Å². The normalized spacial score (nSPS) is 14.3. The van der Waals surface area contributed by atoms with E-state index >= 15 is 0 Å². The Labute approximate surface area is 167 Å². The first kappa shape index (κ1) is 20.0. The van der Waals surface area contributed by atoms with Gasteiger partial charge in [-0.3, -0.25) is 9.89 Å². The number of hydrogen-bond acceptors (Lipinski definition) is 4. The SMILES string of the molecule is CN=C(NCCOc1ccc(OC)cc1)NCCN1CCc2ccccc2C1. The predicted molar refractivity (Wildman–Crippen MR) is 113 cm³/mol. The van der Waals surface area contributed by atoms with Gasteiger partial charge in [0.15, 0.2) is 5.96 Å². The van der Waals surface area contributed by atoms with Crippen molar-refractivity contribution >= 4 is 5.96 Å². The summed E-state index contributed by atoms with van der Waals surface area (Å²) in [7, 11) is 3.44. The lowest BCUT2D eigenvalue weighted by Crippen LogP contribution is -2.43. The zero-order valence-corrected chi connectivity index (χ0v) is 16.8. The van der Waals surface area contributed by atoms with Crippen LogP contribution in [0.25, 0.3) is 0 Å². The van der Waals surface area contributed by atoms with Crippen molar-refractivity contribution in [2.24, 2.45) is 4.99 Å². The van der Waals surface area contributed by atoms with Crippen LogP contribution in [-0.2, 0) is 13.0 Å². The zero-order chi connectivity index (χ0) is 19.6. The molecule has 0 amide bonds. The van der Waals surface area contributed by atoms with Crippen LogP contribution in [0.5, 0.6) is 11.5 Å². The van der Waals surface area contributed by atoms with Gasteiger partial charge in [-0.15, -0.1) is 0 Å². The number of guanidine groups is 1. The summed E-state index contributed by atoms with van der Waals surface area (Å²) in [5, 5.41) is 6.67. The maximum Gasteiger partial charge on any atom is 0.191 e. The Morgan fingerprint density at radius 2 is 1.71 bits per heavy atom. The number of ether oxygens (including phenoxy) is 2. The van der Waals surface area contributed by atoms with Crippen LogP contribution in [0.15, 0.2) is 53.5 Å². The minimum atomic E-state index is 0.565. The molecule has 6 nitrogen and oxygen atoms in total. The van der Waals surface area contributed by atoms with Crippen molar-refractivity contribution in [1.82, 2.24) is 15.5 Å². The summed E-state index contributed by atoms with van der Waals surface area (Å²) in [6.45, 7) is 5.25. The summed E-state index contributed by atoms with van der Waals surface area (Å²) < 4.78 is 10.9. The Morgan fingerprint density at radius 1 is 1.00 bits per heavy atom. The minimum absolute atomic E-state index is 0.565. The second-order valence-electron chi connectivity index (χ2n) is 6.74. The van der Waals surface area contributed by atoms with E-state index in [9.17, 15) is 0 Å². The topological polar surface area (TPSA) is 58.1 Å². The summed E-state index contributed by atoms with van der Waals surface area (Å²) in [5.41, 5.74) is 2.94. The summed E-state index contributed by atoms with van der Waals surface area (Å²) in [5.74, 6) is 2.46. The number of fused-ring (bicyclic) bond motifs is 1. The zero-order valence-electron chi connectivity index (χ0n) is 16.8. The number of benzene rings is 2. The second-order valence-corrected chi connectivity index (χ2v) is 6.74. The molecule has 0 bridgehead atoms. The van der Waals surface area contributed by atoms with Crippen LogP contribution < -0.4 is 20.1 Å². The fraction of sp³-hybridized carbons (Fsp3) is 0.409. The Hall–Kier alpha value is -2.73. The number of hydrogen-bond donors (Lipinski definition) is 2. The first-order valence-corrected chi connectivity index (χ1v) is 9.79. The second kappa shape index (κ2) is 10.6. The van der Waals surface area contributed by atoms with E-state index in [1.807, 2.05) is 24.3 Å². The van der Waals surface area contributed by atoms with Crippen molar-refractivity contribution < 1.29 is 9.47 Å². The molecule has 0 aromatic heterocycles. The van der Waals surface area contributed by atoms with Crippen LogP contribution in [0.2, 0.25) is 0 Å². The standard InChI is InChI=1S/C22H30N4O2/c1-23-22(25-13-16-28-21-9-7-20(27-2)8-10-21)24-12-15-26-14-11-18-5-3-4-6-19(18)17-26/h3-10H,11-17H2,1-2H3,(H2,23,24,25). The Kier molecular flexibility index (Phi) is 7.55. The van der Waals surface area contributed by atoms with E-state index in [2.05, 4.69) is 44.8 Å². The van der Waals surface area contributed by atoms with Crippen LogP contribution in [0.4, 0.5) is 0 Å². The third-order valence-electron chi connectivity index (χ3n) is 4.88. The molecule has 0 atom stereocenters. The molecule has 28 heavy (non-hydrogen) atoms. The lowest BCUT2D eigenvalue weighted by molar-refractivity contribution is 0.258. The van der Waals surface area contributed by atoms with Crippen LogP contribution in [0, 0.1) is 0 Å². The molecule has 2 aromatic carbocycles. The largest absolute Gasteiger partial charge is 0.497 e. The molecule has 0 spiro atoms. The number of nitrogens with zero attached hydrogens (tertiary/aromatic N) is 2. The van der Waals surface area contributed by atoms with Gasteiger partial charge in [-0.25, -0.2) is 0 Å². The van der Waals surface area contributed by atoms with Crippen LogP contribution in [0.1, 0.15) is 11.1 Å². The van der Waals surface area contributed by atoms with Gasteiger partial charge in [0.2, 0.25) is 0 Å². The van der Waals surface area contributed by atoms with Crippen LogP contribution >= 0.6 is 0 Å². The van der Waals surface area contributed by atoms with E-state index in [4.69, 9.17) is 9.47 Å². The molecule has 0 fully saturated rings. The first-order chi connectivity index (χ1) is 13.8. The highest BCUT2D eigenvalue weighted by atomic mass is 16.5. The van der Waals surface area contributed by atoms with Crippen LogP contribution in [0.3, 0.4) is 0 Å². The lowest BCUT2D eigenvalue weighted by Gasteiger charge is -2.28. The van der Waals surface area contributed by atoms with E-state index in [1.54, 1.807) is 14.2 Å². The van der Waals surface area contributed by atoms with Crippen LogP contribution in [-0.4, -0.2) is 57.8 Å². The Morgan fingerprint density at radius 3 is 2.46 bits per heavy atom. The van der Waals surface area contributed by atoms with Crippen molar-refractivity contribution in [3.8, 4) is 11.5 Å². The van der Waals surface area contributed by atoms with Crippen molar-refractivity contribution in [3.63, 3.8) is 0 Å². The molecule has 1 heterocycles. The van der Waals surface area contributed by atoms with Gasteiger partial charge < -0.3 is 20.1 Å². The molecule has 1 aliphatic heterocycles. The van der Waals surface area contributed by atoms with E-state index < -0.39 is 0 Å². The molecule has 0 aliphatic carbocycles. The summed E-state index contributed by atoms with van der Waals surface area (Å²) >= 11 is 0. The van der Waals surface area contributed by atoms with Gasteiger partial charge in [0.25, 0.3) is 0 Å². The van der Waals surface area contributed by atoms with E-state index in [0.29, 0.717) is 13.2 Å². The van der Waals surface area contributed by atoms with Crippen molar-refractivity contribution in [2.45, 2.75) is 13.0 Å². The smallest absolute Gasteiger partial charge is 0.191 e. The molecule has 1 aliphatic rings. The van der Waals surface area contributed by atoms with E-state index in [0.717, 1.165) is 50.1 Å². The molecule has 3 rings (SSSR count). The molecule has 0 unspecified atom stereocenters. The highest BCUT2D eigenvalue weighted by Crippen LogP contribution is 2.18. The fourth-order valence-corrected chi connectivity index (χ4v) is 3.31. The summed E-state index contributed by atoms with van der Waals surface area (Å²) in [6, 6.07) is 16.3. The molecule has 0 saturated carbocycles. The molecule has 2 aromatic rings. The fourth-order valence-electron chi connectivity index (χ4n) is 3.31. The third kappa shape index (κ3) is 5.89. The maximum absolute atomic E-state index is 5.72. The quantitative estimate of drug-likeness (QED) is 0.417. The van der Waals surface area contributed by atoms with Gasteiger partial charge in [-0.2, -0.15) is 0 Å². The number of nitrogens with one attached hydrogen (secondary N) is 2. The van der Waals surface area contributed by atoms with Gasteiger partial charge in [0.1, 0.15) is 18.1 Å². The summed E-state index contributed by atoms with van der Waals surface area (Å²) in [6.07, 6.45) is 1.13. The van der Waals surface area contributed by atoms with Gasteiger partial charge >= 0.3 is 0 Å². The third-order valence-corrected chi connectivity index (χ3v) is 4.88. The molecule has 2 N–H and O–H groups in total. The number of methoxy groups -OCH3 is 1. The average Bonchev–Trinajstić information content (AvgIpc) is 2.75. The molecule has 0 saturated heterocycles. The Balaban J connectivity index is 1.31. The predicted octanol–water partition coefficient (Wildman–Crippen LogP) is 2.30. The van der Waals surface area contributed by atoms with E-state index in [1.165, 1.54) is 11.1 Å². The monoisotopic (exact) mass is 382 g/mol. The van der Waals surface area contributed by atoms with Crippen molar-refractivity contribution in [1.29, 1.82) is 0 Å². The molecular weight excluding hydrogens is 352 g/mol. The number of aliphatic imine (C=N–C) groups is 1. The molecular formula is C22H30N4O2. The van der Waals surface area contributed by atoms with Gasteiger partial charge in [-0.1, -0.05) is 24.3 Å². The Bertz CT molecular complexity index is 761. The lowest BCUT2D eigenvalue weighted by atomic mass is 10.00. The maximum atomic E-state index is 5.72. The van der Waals surface area contributed by atoms with E-state index in [-0.39, 0.29) is 0 Å². The van der Waals surface area contributed by atoms with Gasteiger partial charge in [0, 0.05) is 33.2 Å². The highest BCUT2D eigenvalue weighted by molar-refractivity contribution is 5.79. The number of rotatable bonds is 8. The van der Waals surface area contributed by atoms with Gasteiger partial charge in [0.05, 0.1) is 13.7 Å². The molecule has 150 valence electrons.